The van der Waals surface area contributed by atoms with Crippen molar-refractivity contribution in [3.63, 3.8) is 0 Å². The molecule has 0 saturated heterocycles. The van der Waals surface area contributed by atoms with Crippen LogP contribution >= 0.6 is 0 Å². The third-order valence-corrected chi connectivity index (χ3v) is 4.55. The van der Waals surface area contributed by atoms with E-state index in [4.69, 9.17) is 0 Å². The third-order valence-electron chi connectivity index (χ3n) is 4.55. The summed E-state index contributed by atoms with van der Waals surface area (Å²) in [6.07, 6.45) is -1.53. The number of carbonyl (C=O) groups excluding carboxylic acids is 1. The van der Waals surface area contributed by atoms with Gasteiger partial charge < -0.3 is 15.4 Å². The number of nitrogens with one attached hydrogen (secondary N) is 1. The Kier molecular flexibility index (Phi) is 6.09. The average Bonchev–Trinajstić information content (AvgIpc) is 3.28. The van der Waals surface area contributed by atoms with Gasteiger partial charge >= 0.3 is 12.0 Å². The molecule has 1 aromatic carbocycles. The normalized spacial score (nSPS) is 12.5. The van der Waals surface area contributed by atoms with Gasteiger partial charge in [0.1, 0.15) is 0 Å². The Morgan fingerprint density at radius 3 is 2.71 bits per heavy atom. The summed E-state index contributed by atoms with van der Waals surface area (Å²) in [4.78, 5) is 22.7. The van der Waals surface area contributed by atoms with E-state index in [1.807, 2.05) is 0 Å². The highest BCUT2D eigenvalue weighted by Crippen LogP contribution is 2.29. The van der Waals surface area contributed by atoms with Crippen molar-refractivity contribution >= 4 is 17.4 Å². The smallest absolute Gasteiger partial charge is 0.358 e. The van der Waals surface area contributed by atoms with E-state index in [1.165, 1.54) is 33.9 Å². The van der Waals surface area contributed by atoms with Gasteiger partial charge in [-0.2, -0.15) is 23.0 Å². The molecule has 1 N–H and O–H groups in total. The second kappa shape index (κ2) is 8.58. The SMILES string of the molecule is Cc1cc([N+](=O)[O-])nn1CC(C)C(=O)Nc1cnn(Cc2cccc(C(F)(F)F)c2)c1. The second-order valence-electron chi connectivity index (χ2n) is 7.10. The number of nitro groups is 1. The van der Waals surface area contributed by atoms with Gasteiger partial charge in [0.25, 0.3) is 0 Å². The van der Waals surface area contributed by atoms with E-state index in [0.717, 1.165) is 12.1 Å². The number of benzene rings is 1. The van der Waals surface area contributed by atoms with E-state index in [0.29, 0.717) is 16.9 Å². The summed E-state index contributed by atoms with van der Waals surface area (Å²) in [5.74, 6) is -1.19. The van der Waals surface area contributed by atoms with E-state index in [2.05, 4.69) is 15.5 Å². The zero-order valence-corrected chi connectivity index (χ0v) is 16.6. The minimum Gasteiger partial charge on any atom is -0.358 e. The van der Waals surface area contributed by atoms with E-state index < -0.39 is 22.6 Å². The van der Waals surface area contributed by atoms with Gasteiger partial charge in [-0.25, -0.2) is 0 Å². The van der Waals surface area contributed by atoms with E-state index >= 15 is 0 Å². The van der Waals surface area contributed by atoms with Crippen LogP contribution in [0.3, 0.4) is 0 Å². The maximum Gasteiger partial charge on any atom is 0.416 e. The van der Waals surface area contributed by atoms with Crippen LogP contribution in [0.15, 0.2) is 42.7 Å². The largest absolute Gasteiger partial charge is 0.416 e. The van der Waals surface area contributed by atoms with Crippen LogP contribution < -0.4 is 5.32 Å². The summed E-state index contributed by atoms with van der Waals surface area (Å²) in [5, 5.41) is 21.4. The summed E-state index contributed by atoms with van der Waals surface area (Å²) >= 11 is 0. The Morgan fingerprint density at radius 2 is 2.06 bits per heavy atom. The molecule has 1 amide bonds. The molecule has 3 aromatic rings. The fourth-order valence-corrected chi connectivity index (χ4v) is 2.92. The Morgan fingerprint density at radius 1 is 1.32 bits per heavy atom. The van der Waals surface area contributed by atoms with Crippen LogP contribution in [0.4, 0.5) is 24.7 Å². The van der Waals surface area contributed by atoms with Gasteiger partial charge in [0.05, 0.1) is 53.3 Å². The molecule has 0 saturated carbocycles. The fraction of sp³-hybridized carbons (Fsp3) is 0.316. The monoisotopic (exact) mass is 436 g/mol. The predicted molar refractivity (Wildman–Crippen MR) is 104 cm³/mol. The second-order valence-corrected chi connectivity index (χ2v) is 7.10. The summed E-state index contributed by atoms with van der Waals surface area (Å²) in [7, 11) is 0. The summed E-state index contributed by atoms with van der Waals surface area (Å²) in [5.41, 5.74) is 0.612. The van der Waals surface area contributed by atoms with Crippen molar-refractivity contribution in [3.05, 3.63) is 69.7 Å². The minimum atomic E-state index is -4.43. The van der Waals surface area contributed by atoms with Crippen molar-refractivity contribution in [3.8, 4) is 0 Å². The predicted octanol–water partition coefficient (Wildman–Crippen LogP) is 3.64. The fourth-order valence-electron chi connectivity index (χ4n) is 2.92. The quantitative estimate of drug-likeness (QED) is 0.449. The lowest BCUT2D eigenvalue weighted by Crippen LogP contribution is -2.25. The number of aryl methyl sites for hydroxylation is 1. The highest BCUT2D eigenvalue weighted by atomic mass is 19.4. The van der Waals surface area contributed by atoms with Crippen LogP contribution in [0.1, 0.15) is 23.7 Å². The Hall–Kier alpha value is -3.70. The molecule has 0 spiro atoms. The molecule has 0 aliphatic heterocycles. The molecular weight excluding hydrogens is 417 g/mol. The van der Waals surface area contributed by atoms with Gasteiger partial charge in [-0.1, -0.05) is 19.1 Å². The molecule has 1 atom stereocenters. The van der Waals surface area contributed by atoms with Gasteiger partial charge in [0.15, 0.2) is 0 Å². The number of anilines is 1. The molecular formula is C19H19F3N6O3. The number of hydrogen-bond donors (Lipinski definition) is 1. The number of rotatable bonds is 7. The molecule has 2 aromatic heterocycles. The average molecular weight is 436 g/mol. The molecule has 31 heavy (non-hydrogen) atoms. The number of nitrogens with zero attached hydrogens (tertiary/aromatic N) is 5. The molecule has 3 rings (SSSR count). The first-order chi connectivity index (χ1) is 14.5. The topological polar surface area (TPSA) is 108 Å². The first-order valence-corrected chi connectivity index (χ1v) is 9.21. The summed E-state index contributed by atoms with van der Waals surface area (Å²) < 4.78 is 41.3. The number of halogens is 3. The van der Waals surface area contributed by atoms with Crippen LogP contribution in [-0.4, -0.2) is 30.4 Å². The molecule has 2 heterocycles. The lowest BCUT2D eigenvalue weighted by atomic mass is 10.1. The Balaban J connectivity index is 1.61. The van der Waals surface area contributed by atoms with Crippen LogP contribution in [0.5, 0.6) is 0 Å². The van der Waals surface area contributed by atoms with Crippen molar-refractivity contribution in [2.45, 2.75) is 33.1 Å². The maximum atomic E-state index is 12.8. The molecule has 1 unspecified atom stereocenters. The molecule has 0 radical (unpaired) electrons. The number of amides is 1. The molecule has 12 heteroatoms. The van der Waals surface area contributed by atoms with E-state index in [9.17, 15) is 28.1 Å². The molecule has 0 aliphatic rings. The lowest BCUT2D eigenvalue weighted by molar-refractivity contribution is -0.389. The van der Waals surface area contributed by atoms with E-state index in [1.54, 1.807) is 19.9 Å². The van der Waals surface area contributed by atoms with Crippen LogP contribution in [0.2, 0.25) is 0 Å². The van der Waals surface area contributed by atoms with Gasteiger partial charge in [-0.05, 0) is 29.5 Å². The lowest BCUT2D eigenvalue weighted by Gasteiger charge is -2.10. The highest BCUT2D eigenvalue weighted by Gasteiger charge is 2.30. The van der Waals surface area contributed by atoms with Crippen molar-refractivity contribution in [1.29, 1.82) is 0 Å². The number of hydrogen-bond acceptors (Lipinski definition) is 5. The highest BCUT2D eigenvalue weighted by molar-refractivity contribution is 5.91. The summed E-state index contributed by atoms with van der Waals surface area (Å²) in [6, 6.07) is 6.25. The zero-order valence-electron chi connectivity index (χ0n) is 16.6. The number of carbonyl (C=O) groups is 1. The Labute approximate surface area is 174 Å². The van der Waals surface area contributed by atoms with Gasteiger partial charge in [-0.3, -0.25) is 9.48 Å². The number of alkyl halides is 3. The number of aromatic nitrogens is 4. The third kappa shape index (κ3) is 5.47. The van der Waals surface area contributed by atoms with Crippen LogP contribution in [-0.2, 0) is 24.1 Å². The van der Waals surface area contributed by atoms with Crippen molar-refractivity contribution in [1.82, 2.24) is 19.6 Å². The van der Waals surface area contributed by atoms with Crippen LogP contribution in [0.25, 0.3) is 0 Å². The zero-order chi connectivity index (χ0) is 22.8. The molecule has 9 nitrogen and oxygen atoms in total. The van der Waals surface area contributed by atoms with Gasteiger partial charge in [-0.15, -0.1) is 0 Å². The molecule has 164 valence electrons. The minimum absolute atomic E-state index is 0.103. The van der Waals surface area contributed by atoms with Gasteiger partial charge in [0, 0.05) is 6.20 Å². The molecule has 0 fully saturated rings. The molecule has 0 aliphatic carbocycles. The Bertz CT molecular complexity index is 1110. The first-order valence-electron chi connectivity index (χ1n) is 9.21. The first kappa shape index (κ1) is 22.0. The molecule has 0 bridgehead atoms. The standard InChI is InChI=1S/C19H19F3N6O3/c1-12(9-27-13(2)6-17(25-27)28(30)31)18(29)24-16-8-23-26(11-16)10-14-4-3-5-15(7-14)19(20,21)22/h3-8,11-12H,9-10H2,1-2H3,(H,24,29). The van der Waals surface area contributed by atoms with E-state index in [-0.39, 0.29) is 24.8 Å². The summed E-state index contributed by atoms with van der Waals surface area (Å²) in [6.45, 7) is 3.55. The maximum absolute atomic E-state index is 12.8. The van der Waals surface area contributed by atoms with Crippen molar-refractivity contribution in [2.75, 3.05) is 5.32 Å². The van der Waals surface area contributed by atoms with Gasteiger partial charge in [0.2, 0.25) is 5.91 Å². The van der Waals surface area contributed by atoms with Crippen molar-refractivity contribution < 1.29 is 22.9 Å². The van der Waals surface area contributed by atoms with Crippen LogP contribution in [0, 0.1) is 23.0 Å². The van der Waals surface area contributed by atoms with Crippen molar-refractivity contribution in [2.24, 2.45) is 5.92 Å².